The average molecular weight is 208 g/mol. The number of aliphatic hydroxyl groups is 1. The largest absolute Gasteiger partial charge is 0.393 e. The third-order valence-corrected chi connectivity index (χ3v) is 2.45. The molecule has 1 aliphatic carbocycles. The fourth-order valence-corrected chi connectivity index (χ4v) is 1.91. The van der Waals surface area contributed by atoms with Crippen molar-refractivity contribution in [1.82, 2.24) is 0 Å². The van der Waals surface area contributed by atoms with Gasteiger partial charge < -0.3 is 10.8 Å². The zero-order valence-electron chi connectivity index (χ0n) is 6.67. The number of allylic oxidation sites excluding steroid dienone is 2. The monoisotopic (exact) mass is 207 g/mol. The lowest BCUT2D eigenvalue weighted by molar-refractivity contribution is 0.134. The van der Waals surface area contributed by atoms with Crippen LogP contribution in [-0.4, -0.2) is 16.2 Å². The summed E-state index contributed by atoms with van der Waals surface area (Å²) in [6, 6.07) is 0. The summed E-state index contributed by atoms with van der Waals surface area (Å²) in [5, 5.41) is 9.82. The lowest BCUT2D eigenvalue weighted by Crippen LogP contribution is -2.45. The first-order valence-corrected chi connectivity index (χ1v) is 4.41. The van der Waals surface area contributed by atoms with Gasteiger partial charge >= 0.3 is 0 Å². The van der Waals surface area contributed by atoms with Gasteiger partial charge in [0.05, 0.1) is 6.10 Å². The van der Waals surface area contributed by atoms with Gasteiger partial charge in [0.15, 0.2) is 0 Å². The molecular weight excluding hydrogens is 197 g/mol. The summed E-state index contributed by atoms with van der Waals surface area (Å²) in [6.45, 7) is 1.64. The molecule has 0 aromatic heterocycles. The molecule has 3 atom stereocenters. The highest BCUT2D eigenvalue weighted by molar-refractivity contribution is 6.33. The molecule has 0 aliphatic heterocycles. The summed E-state index contributed by atoms with van der Waals surface area (Å²) in [6.07, 6.45) is 4.37. The molecule has 68 valence electrons. The van der Waals surface area contributed by atoms with E-state index >= 15 is 0 Å². The third-order valence-electron chi connectivity index (χ3n) is 1.85. The molecule has 0 bridgehead atoms. The van der Waals surface area contributed by atoms with Crippen LogP contribution in [0.5, 0.6) is 0 Å². The van der Waals surface area contributed by atoms with Gasteiger partial charge in [0, 0.05) is 11.0 Å². The smallest absolute Gasteiger partial charge is 0.120 e. The predicted molar refractivity (Wildman–Crippen MR) is 51.0 cm³/mol. The first-order chi connectivity index (χ1) is 5.43. The molecule has 1 aliphatic rings. The summed E-state index contributed by atoms with van der Waals surface area (Å²) in [5.41, 5.74) is 5.71. The van der Waals surface area contributed by atoms with Crippen LogP contribution in [0.3, 0.4) is 0 Å². The highest BCUT2D eigenvalue weighted by Crippen LogP contribution is 2.32. The van der Waals surface area contributed by atoms with Gasteiger partial charge in [-0.3, -0.25) is 0 Å². The SMILES string of the molecule is CC(O)C1C=CC(Cl)=CC1(N)Cl. The van der Waals surface area contributed by atoms with E-state index in [1.54, 1.807) is 19.1 Å². The van der Waals surface area contributed by atoms with Crippen LogP contribution in [0.25, 0.3) is 0 Å². The Morgan fingerprint density at radius 1 is 1.75 bits per heavy atom. The van der Waals surface area contributed by atoms with E-state index in [2.05, 4.69) is 0 Å². The molecule has 0 fully saturated rings. The summed E-state index contributed by atoms with van der Waals surface area (Å²) >= 11 is 11.6. The molecule has 3 unspecified atom stereocenters. The van der Waals surface area contributed by atoms with Gasteiger partial charge in [-0.2, -0.15) is 0 Å². The summed E-state index contributed by atoms with van der Waals surface area (Å²) in [7, 11) is 0. The maximum absolute atomic E-state index is 9.31. The summed E-state index contributed by atoms with van der Waals surface area (Å²) < 4.78 is 0. The molecule has 12 heavy (non-hydrogen) atoms. The van der Waals surface area contributed by atoms with Crippen LogP contribution in [0.1, 0.15) is 6.92 Å². The Morgan fingerprint density at radius 2 is 2.33 bits per heavy atom. The Balaban J connectivity index is 2.89. The second-order valence-corrected chi connectivity index (χ2v) is 4.07. The minimum Gasteiger partial charge on any atom is -0.393 e. The van der Waals surface area contributed by atoms with Crippen molar-refractivity contribution in [2.75, 3.05) is 0 Å². The average Bonchev–Trinajstić information content (AvgIpc) is 1.82. The van der Waals surface area contributed by atoms with Crippen molar-refractivity contribution in [2.45, 2.75) is 18.0 Å². The second kappa shape index (κ2) is 3.38. The fourth-order valence-electron chi connectivity index (χ4n) is 1.23. The van der Waals surface area contributed by atoms with Crippen molar-refractivity contribution in [3.05, 3.63) is 23.3 Å². The molecule has 0 aromatic rings. The number of aliphatic hydroxyl groups excluding tert-OH is 1. The molecule has 1 rings (SSSR count). The van der Waals surface area contributed by atoms with Crippen molar-refractivity contribution in [1.29, 1.82) is 0 Å². The number of halogens is 2. The van der Waals surface area contributed by atoms with Crippen LogP contribution in [0.4, 0.5) is 0 Å². The van der Waals surface area contributed by atoms with Gasteiger partial charge in [0.2, 0.25) is 0 Å². The Bertz CT molecular complexity index is 233. The molecule has 0 spiro atoms. The molecule has 0 saturated carbocycles. The van der Waals surface area contributed by atoms with E-state index in [1.165, 1.54) is 6.08 Å². The first kappa shape index (κ1) is 10.1. The highest BCUT2D eigenvalue weighted by Gasteiger charge is 2.34. The Morgan fingerprint density at radius 3 is 2.75 bits per heavy atom. The minimum atomic E-state index is -1.07. The van der Waals surface area contributed by atoms with Gasteiger partial charge in [-0.25, -0.2) is 0 Å². The molecule has 0 amide bonds. The van der Waals surface area contributed by atoms with Crippen LogP contribution < -0.4 is 5.73 Å². The van der Waals surface area contributed by atoms with Crippen molar-refractivity contribution in [2.24, 2.45) is 11.7 Å². The minimum absolute atomic E-state index is 0.290. The first-order valence-electron chi connectivity index (χ1n) is 3.66. The molecule has 0 radical (unpaired) electrons. The van der Waals surface area contributed by atoms with Gasteiger partial charge in [-0.05, 0) is 19.1 Å². The molecule has 4 heteroatoms. The highest BCUT2D eigenvalue weighted by atomic mass is 35.5. The standard InChI is InChI=1S/C8H11Cl2NO/c1-5(12)7-3-2-6(9)4-8(7,10)11/h2-5,7,12H,11H2,1H3. The lowest BCUT2D eigenvalue weighted by atomic mass is 9.90. The second-order valence-electron chi connectivity index (χ2n) is 2.98. The van der Waals surface area contributed by atoms with E-state index in [0.29, 0.717) is 5.03 Å². The van der Waals surface area contributed by atoms with Gasteiger partial charge in [-0.1, -0.05) is 29.3 Å². The van der Waals surface area contributed by atoms with Crippen molar-refractivity contribution in [3.63, 3.8) is 0 Å². The van der Waals surface area contributed by atoms with Crippen LogP contribution in [0.2, 0.25) is 0 Å². The maximum Gasteiger partial charge on any atom is 0.120 e. The van der Waals surface area contributed by atoms with Crippen LogP contribution in [-0.2, 0) is 0 Å². The Kier molecular flexibility index (Phi) is 2.84. The van der Waals surface area contributed by atoms with E-state index in [0.717, 1.165) is 0 Å². The van der Waals surface area contributed by atoms with Crippen LogP contribution in [0.15, 0.2) is 23.3 Å². The van der Waals surface area contributed by atoms with E-state index in [-0.39, 0.29) is 5.92 Å². The topological polar surface area (TPSA) is 46.2 Å². The zero-order chi connectivity index (χ0) is 9.35. The molecule has 3 N–H and O–H groups in total. The Labute approximate surface area is 81.6 Å². The van der Waals surface area contributed by atoms with E-state index in [4.69, 9.17) is 28.9 Å². The maximum atomic E-state index is 9.31. The molecule has 0 saturated heterocycles. The van der Waals surface area contributed by atoms with E-state index < -0.39 is 11.1 Å². The van der Waals surface area contributed by atoms with Crippen molar-refractivity contribution >= 4 is 23.2 Å². The van der Waals surface area contributed by atoms with Crippen LogP contribution in [0, 0.1) is 5.92 Å². The number of rotatable bonds is 1. The lowest BCUT2D eigenvalue weighted by Gasteiger charge is -2.31. The van der Waals surface area contributed by atoms with Gasteiger partial charge in [0.1, 0.15) is 5.00 Å². The molecule has 0 heterocycles. The quantitative estimate of drug-likeness (QED) is 0.507. The number of alkyl halides is 1. The molecule has 2 nitrogen and oxygen atoms in total. The molecular formula is C8H11Cl2NO. The Hall–Kier alpha value is -0.0200. The normalized spacial score (nSPS) is 37.8. The number of hydrogen-bond donors (Lipinski definition) is 2. The van der Waals surface area contributed by atoms with E-state index in [9.17, 15) is 5.11 Å². The number of nitrogens with two attached hydrogens (primary N) is 1. The summed E-state index contributed by atoms with van der Waals surface area (Å²) in [4.78, 5) is -1.07. The number of hydrogen-bond acceptors (Lipinski definition) is 2. The third kappa shape index (κ3) is 2.02. The van der Waals surface area contributed by atoms with Gasteiger partial charge in [-0.15, -0.1) is 0 Å². The summed E-state index contributed by atoms with van der Waals surface area (Å²) in [5.74, 6) is -0.290. The van der Waals surface area contributed by atoms with Crippen LogP contribution >= 0.6 is 23.2 Å². The van der Waals surface area contributed by atoms with Crippen molar-refractivity contribution < 1.29 is 5.11 Å². The predicted octanol–water partition coefficient (Wildman–Crippen LogP) is 1.57. The van der Waals surface area contributed by atoms with Crippen molar-refractivity contribution in [3.8, 4) is 0 Å². The molecule has 0 aromatic carbocycles. The van der Waals surface area contributed by atoms with E-state index in [1.807, 2.05) is 0 Å². The zero-order valence-corrected chi connectivity index (χ0v) is 8.18. The van der Waals surface area contributed by atoms with Gasteiger partial charge in [0.25, 0.3) is 0 Å². The fraction of sp³-hybridized carbons (Fsp3) is 0.500.